The van der Waals surface area contributed by atoms with Crippen LogP contribution in [0.5, 0.6) is 0 Å². The summed E-state index contributed by atoms with van der Waals surface area (Å²) in [6, 6.07) is 0.703. The van der Waals surface area contributed by atoms with Gasteiger partial charge in [-0.2, -0.15) is 0 Å². The van der Waals surface area contributed by atoms with Gasteiger partial charge in [0.1, 0.15) is 0 Å². The predicted octanol–water partition coefficient (Wildman–Crippen LogP) is 3.61. The number of hydrogen-bond donors (Lipinski definition) is 1. The van der Waals surface area contributed by atoms with E-state index in [9.17, 15) is 0 Å². The summed E-state index contributed by atoms with van der Waals surface area (Å²) in [5, 5.41) is 3.84. The molecular weight excluding hydrogens is 222 g/mol. The molecular formula is C16H31NO. The van der Waals surface area contributed by atoms with Crippen LogP contribution in [-0.2, 0) is 4.74 Å². The molecule has 0 aromatic rings. The van der Waals surface area contributed by atoms with Crippen LogP contribution >= 0.6 is 0 Å². The van der Waals surface area contributed by atoms with Crippen molar-refractivity contribution in [2.24, 2.45) is 17.8 Å². The third-order valence-corrected chi connectivity index (χ3v) is 5.06. The van der Waals surface area contributed by atoms with Crippen molar-refractivity contribution in [2.45, 2.75) is 71.4 Å². The first kappa shape index (κ1) is 14.3. The van der Waals surface area contributed by atoms with Gasteiger partial charge < -0.3 is 10.1 Å². The Bertz CT molecular complexity index is 258. The van der Waals surface area contributed by atoms with E-state index in [1.54, 1.807) is 0 Å². The molecule has 1 heterocycles. The SMILES string of the molecule is CC1CCC(C(C)C)C(NCC2(C)CCCO2)C1. The molecule has 1 N–H and O–H groups in total. The van der Waals surface area contributed by atoms with E-state index in [0.29, 0.717) is 6.04 Å². The van der Waals surface area contributed by atoms with E-state index >= 15 is 0 Å². The van der Waals surface area contributed by atoms with Crippen LogP contribution in [0.2, 0.25) is 0 Å². The zero-order valence-corrected chi connectivity index (χ0v) is 12.7. The smallest absolute Gasteiger partial charge is 0.0779 e. The van der Waals surface area contributed by atoms with Crippen molar-refractivity contribution in [3.05, 3.63) is 0 Å². The number of ether oxygens (including phenoxy) is 1. The lowest BCUT2D eigenvalue weighted by molar-refractivity contribution is 0.0132. The van der Waals surface area contributed by atoms with Crippen molar-refractivity contribution >= 4 is 0 Å². The first-order valence-electron chi connectivity index (χ1n) is 7.87. The molecule has 2 fully saturated rings. The van der Waals surface area contributed by atoms with Crippen molar-refractivity contribution in [1.29, 1.82) is 0 Å². The molecule has 2 nitrogen and oxygen atoms in total. The van der Waals surface area contributed by atoms with Gasteiger partial charge in [-0.3, -0.25) is 0 Å². The molecule has 0 bridgehead atoms. The van der Waals surface area contributed by atoms with E-state index in [1.165, 1.54) is 32.1 Å². The van der Waals surface area contributed by atoms with Crippen molar-refractivity contribution in [2.75, 3.05) is 13.2 Å². The lowest BCUT2D eigenvalue weighted by Crippen LogP contribution is -2.48. The molecule has 1 aliphatic carbocycles. The van der Waals surface area contributed by atoms with Crippen molar-refractivity contribution < 1.29 is 4.74 Å². The van der Waals surface area contributed by atoms with Crippen LogP contribution in [0.4, 0.5) is 0 Å². The number of rotatable bonds is 4. The maximum Gasteiger partial charge on any atom is 0.0779 e. The van der Waals surface area contributed by atoms with Crippen molar-refractivity contribution in [1.82, 2.24) is 5.32 Å². The molecule has 4 atom stereocenters. The van der Waals surface area contributed by atoms with E-state index in [2.05, 4.69) is 33.0 Å². The van der Waals surface area contributed by atoms with Crippen LogP contribution in [-0.4, -0.2) is 24.8 Å². The van der Waals surface area contributed by atoms with Crippen molar-refractivity contribution in [3.8, 4) is 0 Å². The standard InChI is InChI=1S/C16H31NO/c1-12(2)14-7-6-13(3)10-15(14)17-11-16(4)8-5-9-18-16/h12-15,17H,5-11H2,1-4H3. The molecule has 18 heavy (non-hydrogen) atoms. The third-order valence-electron chi connectivity index (χ3n) is 5.06. The Morgan fingerprint density at radius 2 is 2.11 bits per heavy atom. The van der Waals surface area contributed by atoms with E-state index in [0.717, 1.165) is 30.9 Å². The average Bonchev–Trinajstić information content (AvgIpc) is 2.74. The molecule has 0 aromatic carbocycles. The van der Waals surface area contributed by atoms with Gasteiger partial charge in [0.2, 0.25) is 0 Å². The topological polar surface area (TPSA) is 21.3 Å². The molecule has 0 aromatic heterocycles. The molecule has 1 saturated heterocycles. The van der Waals surface area contributed by atoms with E-state index < -0.39 is 0 Å². The molecule has 0 spiro atoms. The second-order valence-corrected chi connectivity index (χ2v) is 7.22. The van der Waals surface area contributed by atoms with Gasteiger partial charge in [-0.25, -0.2) is 0 Å². The molecule has 0 amide bonds. The first-order valence-corrected chi connectivity index (χ1v) is 7.87. The van der Waals surface area contributed by atoms with Crippen LogP contribution in [0.25, 0.3) is 0 Å². The molecule has 2 aliphatic rings. The summed E-state index contributed by atoms with van der Waals surface area (Å²) in [6.45, 7) is 11.4. The molecule has 2 heteroatoms. The Hall–Kier alpha value is -0.0800. The maximum absolute atomic E-state index is 5.89. The Balaban J connectivity index is 1.88. The van der Waals surface area contributed by atoms with Gasteiger partial charge in [0.05, 0.1) is 5.60 Å². The Kier molecular flexibility index (Phi) is 4.71. The van der Waals surface area contributed by atoms with Gasteiger partial charge in [-0.1, -0.05) is 27.2 Å². The third kappa shape index (κ3) is 3.48. The lowest BCUT2D eigenvalue weighted by atomic mass is 9.74. The van der Waals surface area contributed by atoms with Crippen LogP contribution in [0.15, 0.2) is 0 Å². The fourth-order valence-corrected chi connectivity index (χ4v) is 3.76. The van der Waals surface area contributed by atoms with Gasteiger partial charge in [0, 0.05) is 19.2 Å². The number of hydrogen-bond acceptors (Lipinski definition) is 2. The fourth-order valence-electron chi connectivity index (χ4n) is 3.76. The number of nitrogens with one attached hydrogen (secondary N) is 1. The van der Waals surface area contributed by atoms with Crippen LogP contribution in [0, 0.1) is 17.8 Å². The highest BCUT2D eigenvalue weighted by atomic mass is 16.5. The summed E-state index contributed by atoms with van der Waals surface area (Å²) in [5.74, 6) is 2.54. The highest BCUT2D eigenvalue weighted by molar-refractivity contribution is 4.89. The first-order chi connectivity index (χ1) is 8.50. The summed E-state index contributed by atoms with van der Waals surface area (Å²) in [4.78, 5) is 0. The van der Waals surface area contributed by atoms with E-state index in [1.807, 2.05) is 0 Å². The van der Waals surface area contributed by atoms with Gasteiger partial charge >= 0.3 is 0 Å². The molecule has 1 saturated carbocycles. The highest BCUT2D eigenvalue weighted by Gasteiger charge is 2.34. The van der Waals surface area contributed by atoms with Gasteiger partial charge in [0.25, 0.3) is 0 Å². The van der Waals surface area contributed by atoms with Crippen LogP contribution in [0.1, 0.15) is 59.8 Å². The van der Waals surface area contributed by atoms with Crippen LogP contribution in [0.3, 0.4) is 0 Å². The maximum atomic E-state index is 5.89. The van der Waals surface area contributed by atoms with E-state index in [-0.39, 0.29) is 5.60 Å². The summed E-state index contributed by atoms with van der Waals surface area (Å²) in [7, 11) is 0. The Morgan fingerprint density at radius 1 is 1.33 bits per heavy atom. The minimum Gasteiger partial charge on any atom is -0.374 e. The van der Waals surface area contributed by atoms with Gasteiger partial charge in [0.15, 0.2) is 0 Å². The van der Waals surface area contributed by atoms with E-state index in [4.69, 9.17) is 4.74 Å². The normalized spacial score (nSPS) is 41.5. The summed E-state index contributed by atoms with van der Waals surface area (Å²) >= 11 is 0. The Labute approximate surface area is 113 Å². The highest BCUT2D eigenvalue weighted by Crippen LogP contribution is 2.34. The monoisotopic (exact) mass is 253 g/mol. The zero-order chi connectivity index (χ0) is 13.2. The molecule has 4 unspecified atom stereocenters. The second kappa shape index (κ2) is 5.92. The fraction of sp³-hybridized carbons (Fsp3) is 1.00. The van der Waals surface area contributed by atoms with Crippen LogP contribution < -0.4 is 5.32 Å². The molecule has 2 rings (SSSR count). The predicted molar refractivity (Wildman–Crippen MR) is 76.7 cm³/mol. The largest absolute Gasteiger partial charge is 0.374 e. The summed E-state index contributed by atoms with van der Waals surface area (Å²) < 4.78 is 5.89. The molecule has 106 valence electrons. The minimum absolute atomic E-state index is 0.0994. The summed E-state index contributed by atoms with van der Waals surface area (Å²) in [6.07, 6.45) is 6.60. The van der Waals surface area contributed by atoms with Crippen molar-refractivity contribution in [3.63, 3.8) is 0 Å². The molecule has 1 aliphatic heterocycles. The molecule has 0 radical (unpaired) electrons. The Morgan fingerprint density at radius 3 is 2.72 bits per heavy atom. The summed E-state index contributed by atoms with van der Waals surface area (Å²) in [5.41, 5.74) is 0.0994. The quantitative estimate of drug-likeness (QED) is 0.826. The minimum atomic E-state index is 0.0994. The average molecular weight is 253 g/mol. The lowest BCUT2D eigenvalue weighted by Gasteiger charge is -2.39. The zero-order valence-electron chi connectivity index (χ0n) is 12.7. The van der Waals surface area contributed by atoms with Gasteiger partial charge in [-0.05, 0) is 50.4 Å². The van der Waals surface area contributed by atoms with Gasteiger partial charge in [-0.15, -0.1) is 0 Å². The second-order valence-electron chi connectivity index (χ2n) is 7.22.